The van der Waals surface area contributed by atoms with Crippen molar-refractivity contribution in [3.8, 4) is 0 Å². The van der Waals surface area contributed by atoms with E-state index in [4.69, 9.17) is 11.6 Å². The first-order chi connectivity index (χ1) is 8.24. The lowest BCUT2D eigenvalue weighted by molar-refractivity contribution is -0.116. The van der Waals surface area contributed by atoms with Crippen LogP contribution in [0.15, 0.2) is 41.8 Å². The molecule has 0 fully saturated rings. The van der Waals surface area contributed by atoms with Crippen LogP contribution in [-0.2, 0) is 11.2 Å². The average Bonchev–Trinajstić information content (AvgIpc) is 2.83. The van der Waals surface area contributed by atoms with Crippen molar-refractivity contribution in [3.63, 3.8) is 0 Å². The van der Waals surface area contributed by atoms with Crippen molar-refractivity contribution in [3.05, 3.63) is 51.7 Å². The van der Waals surface area contributed by atoms with E-state index in [0.29, 0.717) is 11.4 Å². The Labute approximate surface area is 109 Å². The molecule has 1 N–H and O–H groups in total. The maximum atomic E-state index is 11.7. The van der Waals surface area contributed by atoms with E-state index in [1.807, 2.05) is 17.5 Å². The molecule has 0 spiro atoms. The van der Waals surface area contributed by atoms with Gasteiger partial charge in [0.05, 0.1) is 0 Å². The van der Waals surface area contributed by atoms with Crippen molar-refractivity contribution in [1.29, 1.82) is 0 Å². The van der Waals surface area contributed by atoms with Crippen LogP contribution >= 0.6 is 22.9 Å². The third-order valence-corrected chi connectivity index (χ3v) is 3.49. The third kappa shape index (κ3) is 3.88. The smallest absolute Gasteiger partial charge is 0.224 e. The van der Waals surface area contributed by atoms with Crippen LogP contribution < -0.4 is 5.32 Å². The van der Waals surface area contributed by atoms with Crippen molar-refractivity contribution in [2.24, 2.45) is 0 Å². The molecule has 1 amide bonds. The average molecular weight is 266 g/mol. The number of amides is 1. The van der Waals surface area contributed by atoms with Gasteiger partial charge in [0.25, 0.3) is 0 Å². The largest absolute Gasteiger partial charge is 0.326 e. The van der Waals surface area contributed by atoms with Gasteiger partial charge in [-0.3, -0.25) is 4.79 Å². The minimum atomic E-state index is 0.0284. The molecule has 0 saturated carbocycles. The molecule has 4 heteroatoms. The fourth-order valence-corrected chi connectivity index (χ4v) is 2.28. The monoisotopic (exact) mass is 265 g/mol. The zero-order valence-corrected chi connectivity index (χ0v) is 10.7. The van der Waals surface area contributed by atoms with E-state index >= 15 is 0 Å². The van der Waals surface area contributed by atoms with Crippen LogP contribution in [0.1, 0.15) is 11.3 Å². The number of hydrogen-bond acceptors (Lipinski definition) is 2. The highest BCUT2D eigenvalue weighted by molar-refractivity contribution is 7.09. The second kappa shape index (κ2) is 5.84. The molecule has 0 bridgehead atoms. The molecule has 0 aliphatic carbocycles. The summed E-state index contributed by atoms with van der Waals surface area (Å²) in [5.41, 5.74) is 0.783. The minimum absolute atomic E-state index is 0.0284. The maximum Gasteiger partial charge on any atom is 0.224 e. The molecule has 0 aliphatic heterocycles. The van der Waals surface area contributed by atoms with E-state index in [0.717, 1.165) is 12.1 Å². The molecular weight excluding hydrogens is 254 g/mol. The van der Waals surface area contributed by atoms with Crippen molar-refractivity contribution >= 4 is 34.5 Å². The highest BCUT2D eigenvalue weighted by atomic mass is 35.5. The first-order valence-corrected chi connectivity index (χ1v) is 6.57. The van der Waals surface area contributed by atoms with Gasteiger partial charge in [-0.05, 0) is 42.1 Å². The van der Waals surface area contributed by atoms with Crippen LogP contribution in [0.5, 0.6) is 0 Å². The number of rotatable bonds is 4. The lowest BCUT2D eigenvalue weighted by Crippen LogP contribution is -2.11. The van der Waals surface area contributed by atoms with E-state index in [9.17, 15) is 4.79 Å². The summed E-state index contributed by atoms with van der Waals surface area (Å²) in [5, 5.41) is 5.53. The minimum Gasteiger partial charge on any atom is -0.326 e. The summed E-state index contributed by atoms with van der Waals surface area (Å²) in [5.74, 6) is 0.0284. The lowest BCUT2D eigenvalue weighted by Gasteiger charge is -2.04. The summed E-state index contributed by atoms with van der Waals surface area (Å²) >= 11 is 7.44. The van der Waals surface area contributed by atoms with Gasteiger partial charge in [-0.2, -0.15) is 0 Å². The SMILES string of the molecule is O=C(CCc1cccs1)Nc1ccc(Cl)cc1. The van der Waals surface area contributed by atoms with Gasteiger partial charge in [-0.25, -0.2) is 0 Å². The Morgan fingerprint density at radius 3 is 2.65 bits per heavy atom. The van der Waals surface area contributed by atoms with E-state index in [1.165, 1.54) is 4.88 Å². The zero-order chi connectivity index (χ0) is 12.1. The third-order valence-electron chi connectivity index (χ3n) is 2.31. The number of carbonyl (C=O) groups is 1. The van der Waals surface area contributed by atoms with Crippen molar-refractivity contribution in [2.75, 3.05) is 5.32 Å². The highest BCUT2D eigenvalue weighted by Crippen LogP contribution is 2.15. The highest BCUT2D eigenvalue weighted by Gasteiger charge is 2.03. The van der Waals surface area contributed by atoms with Crippen LogP contribution in [-0.4, -0.2) is 5.91 Å². The molecule has 88 valence electrons. The van der Waals surface area contributed by atoms with Gasteiger partial charge >= 0.3 is 0 Å². The van der Waals surface area contributed by atoms with Crippen LogP contribution in [0.4, 0.5) is 5.69 Å². The van der Waals surface area contributed by atoms with Gasteiger partial charge in [-0.1, -0.05) is 17.7 Å². The van der Waals surface area contributed by atoms with Crippen LogP contribution in [0.25, 0.3) is 0 Å². The molecule has 2 nitrogen and oxygen atoms in total. The number of carbonyl (C=O) groups excluding carboxylic acids is 1. The molecule has 1 aromatic heterocycles. The summed E-state index contributed by atoms with van der Waals surface area (Å²) in [7, 11) is 0. The molecular formula is C13H12ClNOS. The molecule has 0 radical (unpaired) electrons. The topological polar surface area (TPSA) is 29.1 Å². The second-order valence-electron chi connectivity index (χ2n) is 3.63. The quantitative estimate of drug-likeness (QED) is 0.890. The molecule has 1 aromatic carbocycles. The molecule has 0 unspecified atom stereocenters. The Morgan fingerprint density at radius 1 is 1.24 bits per heavy atom. The predicted octanol–water partition coefficient (Wildman–Crippen LogP) is 3.97. The summed E-state index contributed by atoms with van der Waals surface area (Å²) < 4.78 is 0. The summed E-state index contributed by atoms with van der Waals surface area (Å²) in [6, 6.07) is 11.2. The van der Waals surface area contributed by atoms with Crippen molar-refractivity contribution in [2.45, 2.75) is 12.8 Å². The molecule has 2 rings (SSSR count). The molecule has 2 aromatic rings. The van der Waals surface area contributed by atoms with Gasteiger partial charge in [0, 0.05) is 22.0 Å². The zero-order valence-electron chi connectivity index (χ0n) is 9.15. The molecule has 0 atom stereocenters. The van der Waals surface area contributed by atoms with Gasteiger partial charge in [0.1, 0.15) is 0 Å². The first kappa shape index (κ1) is 12.1. The maximum absolute atomic E-state index is 11.7. The number of anilines is 1. The normalized spacial score (nSPS) is 10.2. The van der Waals surface area contributed by atoms with Crippen LogP contribution in [0.2, 0.25) is 5.02 Å². The van der Waals surface area contributed by atoms with E-state index in [2.05, 4.69) is 5.32 Å². The Bertz CT molecular complexity index is 479. The fourth-order valence-electron chi connectivity index (χ4n) is 1.45. The summed E-state index contributed by atoms with van der Waals surface area (Å²) in [4.78, 5) is 12.9. The Morgan fingerprint density at radius 2 is 2.00 bits per heavy atom. The summed E-state index contributed by atoms with van der Waals surface area (Å²) in [6.07, 6.45) is 1.29. The molecule has 0 aliphatic rings. The molecule has 0 saturated heterocycles. The fraction of sp³-hybridized carbons (Fsp3) is 0.154. The number of nitrogens with one attached hydrogen (secondary N) is 1. The first-order valence-electron chi connectivity index (χ1n) is 5.32. The van der Waals surface area contributed by atoms with Crippen molar-refractivity contribution in [1.82, 2.24) is 0 Å². The number of aryl methyl sites for hydroxylation is 1. The van der Waals surface area contributed by atoms with Crippen LogP contribution in [0, 0.1) is 0 Å². The Kier molecular flexibility index (Phi) is 4.18. The summed E-state index contributed by atoms with van der Waals surface area (Å²) in [6.45, 7) is 0. The van der Waals surface area contributed by atoms with Crippen molar-refractivity contribution < 1.29 is 4.79 Å². The number of halogens is 1. The number of benzene rings is 1. The Balaban J connectivity index is 1.83. The molecule has 1 heterocycles. The standard InChI is InChI=1S/C13H12ClNOS/c14-10-3-5-11(6-4-10)15-13(16)8-7-12-2-1-9-17-12/h1-6,9H,7-8H2,(H,15,16). The van der Waals surface area contributed by atoms with E-state index in [1.54, 1.807) is 35.6 Å². The van der Waals surface area contributed by atoms with Gasteiger partial charge in [0.2, 0.25) is 5.91 Å². The van der Waals surface area contributed by atoms with Gasteiger partial charge < -0.3 is 5.32 Å². The van der Waals surface area contributed by atoms with Gasteiger partial charge in [-0.15, -0.1) is 11.3 Å². The predicted molar refractivity (Wildman–Crippen MR) is 72.7 cm³/mol. The van der Waals surface area contributed by atoms with E-state index in [-0.39, 0.29) is 5.91 Å². The second-order valence-corrected chi connectivity index (χ2v) is 5.10. The van der Waals surface area contributed by atoms with E-state index < -0.39 is 0 Å². The Hall–Kier alpha value is -1.32. The van der Waals surface area contributed by atoms with Gasteiger partial charge in [0.15, 0.2) is 0 Å². The number of thiophene rings is 1. The van der Waals surface area contributed by atoms with Crippen LogP contribution in [0.3, 0.4) is 0 Å². The lowest BCUT2D eigenvalue weighted by atomic mass is 10.2. The molecule has 17 heavy (non-hydrogen) atoms. The number of hydrogen-bond donors (Lipinski definition) is 1.